The number of pyridine rings is 2. The second-order valence-electron chi connectivity index (χ2n) is 12.6. The van der Waals surface area contributed by atoms with Crippen molar-refractivity contribution >= 4 is 32.8 Å². The van der Waals surface area contributed by atoms with Gasteiger partial charge in [-0.25, -0.2) is 15.0 Å². The van der Waals surface area contributed by atoms with Gasteiger partial charge in [0.25, 0.3) is 0 Å². The van der Waals surface area contributed by atoms with E-state index in [1.165, 1.54) is 0 Å². The van der Waals surface area contributed by atoms with Gasteiger partial charge in [0.15, 0.2) is 17.5 Å². The molecule has 0 bridgehead atoms. The molecule has 0 unspecified atom stereocenters. The predicted molar refractivity (Wildman–Crippen MR) is 207 cm³/mol. The van der Waals surface area contributed by atoms with Crippen LogP contribution in [0.25, 0.3) is 95.1 Å². The molecule has 7 heteroatoms. The number of rotatable bonds is 6. The number of furan rings is 1. The van der Waals surface area contributed by atoms with Crippen LogP contribution in [0.3, 0.4) is 0 Å². The summed E-state index contributed by atoms with van der Waals surface area (Å²) in [5.41, 5.74) is 9.80. The van der Waals surface area contributed by atoms with Crippen LogP contribution in [-0.4, -0.2) is 29.5 Å². The van der Waals surface area contributed by atoms with Crippen molar-refractivity contribution in [3.8, 4) is 62.3 Å². The van der Waals surface area contributed by atoms with Gasteiger partial charge in [-0.2, -0.15) is 0 Å². The molecule has 5 aromatic carbocycles. The fourth-order valence-corrected chi connectivity index (χ4v) is 7.12. The second kappa shape index (κ2) is 12.3. The lowest BCUT2D eigenvalue weighted by atomic mass is 9.98. The minimum absolute atomic E-state index is 0.574. The first-order chi connectivity index (χ1) is 25.8. The Hall–Kier alpha value is -7.25. The maximum Gasteiger partial charge on any atom is 0.164 e. The second-order valence-corrected chi connectivity index (χ2v) is 12.6. The first-order valence-electron chi connectivity index (χ1n) is 17.1. The van der Waals surface area contributed by atoms with Gasteiger partial charge in [-0.15, -0.1) is 0 Å². The topological polar surface area (TPSA) is 82.5 Å². The summed E-state index contributed by atoms with van der Waals surface area (Å²) in [7, 11) is 0. The van der Waals surface area contributed by atoms with Gasteiger partial charge in [0, 0.05) is 69.1 Å². The zero-order valence-electron chi connectivity index (χ0n) is 27.8. The molecule has 0 saturated heterocycles. The molecule has 0 spiro atoms. The van der Waals surface area contributed by atoms with Gasteiger partial charge in [-0.3, -0.25) is 9.97 Å². The first-order valence-corrected chi connectivity index (χ1v) is 17.1. The first kappa shape index (κ1) is 29.6. The summed E-state index contributed by atoms with van der Waals surface area (Å²) in [4.78, 5) is 23.2. The highest BCUT2D eigenvalue weighted by atomic mass is 16.3. The highest BCUT2D eigenvalue weighted by Gasteiger charge is 2.23. The summed E-state index contributed by atoms with van der Waals surface area (Å²) in [5, 5.41) is 3.26. The van der Waals surface area contributed by atoms with E-state index in [0.29, 0.717) is 17.5 Å². The monoisotopic (exact) mass is 668 g/mol. The van der Waals surface area contributed by atoms with Crippen molar-refractivity contribution in [3.63, 3.8) is 0 Å². The predicted octanol–water partition coefficient (Wildman–Crippen LogP) is 10.8. The molecule has 5 aromatic heterocycles. The van der Waals surface area contributed by atoms with Crippen LogP contribution in [0.15, 0.2) is 175 Å². The van der Waals surface area contributed by atoms with E-state index in [-0.39, 0.29) is 0 Å². The molecule has 0 amide bonds. The summed E-state index contributed by atoms with van der Waals surface area (Å²) < 4.78 is 9.27. The van der Waals surface area contributed by atoms with Crippen molar-refractivity contribution in [2.75, 3.05) is 0 Å². The fourth-order valence-electron chi connectivity index (χ4n) is 7.12. The molecule has 52 heavy (non-hydrogen) atoms. The lowest BCUT2D eigenvalue weighted by Crippen LogP contribution is -2.01. The molecule has 244 valence electrons. The smallest absolute Gasteiger partial charge is 0.164 e. The molecule has 0 N–H and O–H groups in total. The number of aromatic nitrogens is 6. The van der Waals surface area contributed by atoms with Crippen LogP contribution >= 0.6 is 0 Å². The number of hydrogen-bond acceptors (Lipinski definition) is 6. The van der Waals surface area contributed by atoms with Gasteiger partial charge in [-0.1, -0.05) is 91.0 Å². The fraction of sp³-hybridized carbons (Fsp3) is 0. The van der Waals surface area contributed by atoms with E-state index < -0.39 is 0 Å². The number of nitrogens with zero attached hydrogens (tertiary/aromatic N) is 6. The zero-order chi connectivity index (χ0) is 34.4. The van der Waals surface area contributed by atoms with Gasteiger partial charge in [0.2, 0.25) is 0 Å². The average Bonchev–Trinajstić information content (AvgIpc) is 3.78. The number of benzene rings is 5. The minimum Gasteiger partial charge on any atom is -0.455 e. The van der Waals surface area contributed by atoms with Crippen LogP contribution in [0.5, 0.6) is 0 Å². The molecule has 5 heterocycles. The van der Waals surface area contributed by atoms with Gasteiger partial charge in [0.05, 0.1) is 16.4 Å². The van der Waals surface area contributed by atoms with Gasteiger partial charge in [-0.05, 0) is 60.2 Å². The maximum absolute atomic E-state index is 6.96. The van der Waals surface area contributed by atoms with Crippen molar-refractivity contribution in [3.05, 3.63) is 170 Å². The molecular formula is C45H28N6O. The van der Waals surface area contributed by atoms with E-state index in [2.05, 4.69) is 118 Å². The largest absolute Gasteiger partial charge is 0.455 e. The number of fused-ring (bicyclic) bond motifs is 5. The van der Waals surface area contributed by atoms with E-state index in [1.54, 1.807) is 24.8 Å². The lowest BCUT2D eigenvalue weighted by Gasteiger charge is -2.11. The molecule has 0 aliphatic heterocycles. The Morgan fingerprint density at radius 3 is 1.67 bits per heavy atom. The highest BCUT2D eigenvalue weighted by molar-refractivity contribution is 6.22. The van der Waals surface area contributed by atoms with Gasteiger partial charge < -0.3 is 8.98 Å². The normalized spacial score (nSPS) is 11.5. The Morgan fingerprint density at radius 2 is 1.00 bits per heavy atom. The van der Waals surface area contributed by atoms with Crippen LogP contribution < -0.4 is 0 Å². The Labute approximate surface area is 298 Å². The third kappa shape index (κ3) is 4.95. The van der Waals surface area contributed by atoms with E-state index in [1.807, 2.05) is 42.5 Å². The molecular weight excluding hydrogens is 641 g/mol. The number of hydrogen-bond donors (Lipinski definition) is 0. The van der Waals surface area contributed by atoms with Crippen LogP contribution in [0.1, 0.15) is 0 Å². The zero-order valence-corrected chi connectivity index (χ0v) is 27.8. The third-order valence-electron chi connectivity index (χ3n) is 9.46. The van der Waals surface area contributed by atoms with Gasteiger partial charge in [0.1, 0.15) is 11.3 Å². The van der Waals surface area contributed by atoms with Crippen LogP contribution in [0.2, 0.25) is 0 Å². The Bertz CT molecular complexity index is 2830. The molecule has 0 fully saturated rings. The highest BCUT2D eigenvalue weighted by Crippen LogP contribution is 2.46. The molecule has 7 nitrogen and oxygen atoms in total. The molecule has 0 aliphatic rings. The third-order valence-corrected chi connectivity index (χ3v) is 9.46. The summed E-state index contributed by atoms with van der Waals surface area (Å²) in [5.74, 6) is 2.58. The van der Waals surface area contributed by atoms with Crippen LogP contribution in [-0.2, 0) is 0 Å². The Morgan fingerprint density at radius 1 is 0.423 bits per heavy atom. The number of para-hydroxylation sites is 1. The summed E-state index contributed by atoms with van der Waals surface area (Å²) in [6.45, 7) is 0. The van der Waals surface area contributed by atoms with E-state index in [9.17, 15) is 0 Å². The van der Waals surface area contributed by atoms with E-state index >= 15 is 0 Å². The van der Waals surface area contributed by atoms with E-state index in [4.69, 9.17) is 19.4 Å². The maximum atomic E-state index is 6.96. The molecule has 0 radical (unpaired) electrons. The van der Waals surface area contributed by atoms with Crippen LogP contribution in [0, 0.1) is 0 Å². The Balaban J connectivity index is 1.20. The van der Waals surface area contributed by atoms with E-state index in [0.717, 1.165) is 77.6 Å². The SMILES string of the molecule is c1ccc(-c2oc3c(ccc4c3c3ccccc3n4-c3cccc(-c4nc(-c5ccncc5)nc(-c5ccncc5)n4)c3)c2-c2ccccc2)cc1. The van der Waals surface area contributed by atoms with Crippen molar-refractivity contribution < 1.29 is 4.42 Å². The summed E-state index contributed by atoms with van der Waals surface area (Å²) in [6, 6.07) is 49.8. The summed E-state index contributed by atoms with van der Waals surface area (Å²) in [6.07, 6.45) is 6.98. The lowest BCUT2D eigenvalue weighted by molar-refractivity contribution is 0.636. The molecule has 0 saturated carbocycles. The van der Waals surface area contributed by atoms with Crippen molar-refractivity contribution in [2.45, 2.75) is 0 Å². The minimum atomic E-state index is 0.574. The summed E-state index contributed by atoms with van der Waals surface area (Å²) >= 11 is 0. The van der Waals surface area contributed by atoms with Crippen LogP contribution in [0.4, 0.5) is 0 Å². The van der Waals surface area contributed by atoms with Crippen molar-refractivity contribution in [2.24, 2.45) is 0 Å². The molecule has 10 rings (SSSR count). The Kier molecular flexibility index (Phi) is 6.99. The van der Waals surface area contributed by atoms with Gasteiger partial charge >= 0.3 is 0 Å². The standard InChI is InChI=1S/C45H28N6O/c1-3-10-29(11-4-1)39-36-18-19-38-40(42(36)52-41(39)30-12-5-2-6-13-30)35-16-7-8-17-37(35)51(38)34-15-9-14-33(28-34)45-49-43(31-20-24-46-25-21-31)48-44(50-45)32-22-26-47-27-23-32/h1-28H. The molecule has 0 aliphatic carbocycles. The van der Waals surface area contributed by atoms with Crippen molar-refractivity contribution in [1.29, 1.82) is 0 Å². The van der Waals surface area contributed by atoms with Crippen molar-refractivity contribution in [1.82, 2.24) is 29.5 Å². The quantitative estimate of drug-likeness (QED) is 0.175. The molecule has 0 atom stereocenters. The molecule has 10 aromatic rings. The average molecular weight is 669 g/mol.